The van der Waals surface area contributed by atoms with E-state index in [2.05, 4.69) is 16.7 Å². The average molecular weight is 273 g/mol. The number of carbonyl (C=O) groups is 1. The van der Waals surface area contributed by atoms with Crippen LogP contribution in [0.15, 0.2) is 24.3 Å². The molecular formula is C15H19N3O2. The van der Waals surface area contributed by atoms with E-state index in [1.807, 2.05) is 24.3 Å². The third kappa shape index (κ3) is 3.21. The standard InChI is InChI=1S/C15H19N3O2/c1-15(10-16,11-7-8-11)18-14(19)9-17-12-5-3-4-6-13(12)20-2/h3-6,11,17H,7-9H2,1-2H3,(H,18,19)/t15-/m0/s1. The summed E-state index contributed by atoms with van der Waals surface area (Å²) in [6.07, 6.45) is 2.01. The smallest absolute Gasteiger partial charge is 0.240 e. The van der Waals surface area contributed by atoms with Gasteiger partial charge in [-0.05, 0) is 37.8 Å². The molecule has 20 heavy (non-hydrogen) atoms. The van der Waals surface area contributed by atoms with Crippen molar-refractivity contribution in [3.8, 4) is 11.8 Å². The fraction of sp³-hybridized carbons (Fsp3) is 0.467. The first-order valence-electron chi connectivity index (χ1n) is 6.68. The molecule has 2 rings (SSSR count). The second kappa shape index (κ2) is 5.83. The third-order valence-corrected chi connectivity index (χ3v) is 3.57. The quantitative estimate of drug-likeness (QED) is 0.830. The van der Waals surface area contributed by atoms with Crippen LogP contribution in [0.25, 0.3) is 0 Å². The predicted octanol–water partition coefficient (Wildman–Crippen LogP) is 1.92. The van der Waals surface area contributed by atoms with Crippen LogP contribution in [0.3, 0.4) is 0 Å². The summed E-state index contributed by atoms with van der Waals surface area (Å²) in [5.74, 6) is 0.778. The maximum absolute atomic E-state index is 12.0. The SMILES string of the molecule is COc1ccccc1NCC(=O)N[C@@](C)(C#N)C1CC1. The summed E-state index contributed by atoms with van der Waals surface area (Å²) >= 11 is 0. The number of hydrogen-bond donors (Lipinski definition) is 2. The fourth-order valence-corrected chi connectivity index (χ4v) is 2.18. The van der Waals surface area contributed by atoms with Crippen LogP contribution in [0.2, 0.25) is 0 Å². The summed E-state index contributed by atoms with van der Waals surface area (Å²) in [5, 5.41) is 15.0. The van der Waals surface area contributed by atoms with Gasteiger partial charge in [-0.2, -0.15) is 5.26 Å². The van der Waals surface area contributed by atoms with Gasteiger partial charge in [0, 0.05) is 0 Å². The topological polar surface area (TPSA) is 74.2 Å². The Morgan fingerprint density at radius 3 is 2.80 bits per heavy atom. The lowest BCUT2D eigenvalue weighted by Crippen LogP contribution is -2.48. The molecule has 1 saturated carbocycles. The normalized spacial score (nSPS) is 16.6. The first-order chi connectivity index (χ1) is 9.59. The van der Waals surface area contributed by atoms with Gasteiger partial charge in [0.05, 0.1) is 25.4 Å². The van der Waals surface area contributed by atoms with Gasteiger partial charge in [0.15, 0.2) is 0 Å². The van der Waals surface area contributed by atoms with Gasteiger partial charge in [0.1, 0.15) is 11.3 Å². The number of carbonyl (C=O) groups excluding carboxylic acids is 1. The number of anilines is 1. The van der Waals surface area contributed by atoms with Crippen LogP contribution >= 0.6 is 0 Å². The van der Waals surface area contributed by atoms with Crippen LogP contribution in [0.5, 0.6) is 5.75 Å². The highest BCUT2D eigenvalue weighted by Gasteiger charge is 2.42. The zero-order chi connectivity index (χ0) is 14.6. The lowest BCUT2D eigenvalue weighted by Gasteiger charge is -2.23. The zero-order valence-electron chi connectivity index (χ0n) is 11.8. The molecule has 0 bridgehead atoms. The molecule has 0 aromatic heterocycles. The van der Waals surface area contributed by atoms with Crippen molar-refractivity contribution in [2.24, 2.45) is 5.92 Å². The fourth-order valence-electron chi connectivity index (χ4n) is 2.18. The summed E-state index contributed by atoms with van der Waals surface area (Å²) in [6.45, 7) is 1.90. The van der Waals surface area contributed by atoms with Crippen molar-refractivity contribution in [3.63, 3.8) is 0 Å². The van der Waals surface area contributed by atoms with E-state index in [0.29, 0.717) is 5.75 Å². The van der Waals surface area contributed by atoms with E-state index >= 15 is 0 Å². The highest BCUT2D eigenvalue weighted by molar-refractivity contribution is 5.82. The number of rotatable bonds is 6. The predicted molar refractivity (Wildman–Crippen MR) is 76.4 cm³/mol. The Labute approximate surface area is 118 Å². The number of ether oxygens (including phenoxy) is 1. The lowest BCUT2D eigenvalue weighted by molar-refractivity contribution is -0.120. The summed E-state index contributed by atoms with van der Waals surface area (Å²) < 4.78 is 5.20. The molecular weight excluding hydrogens is 254 g/mol. The molecule has 1 aliphatic carbocycles. The molecule has 106 valence electrons. The van der Waals surface area contributed by atoms with E-state index in [4.69, 9.17) is 4.74 Å². The number of nitrogens with one attached hydrogen (secondary N) is 2. The molecule has 0 radical (unpaired) electrons. The number of methoxy groups -OCH3 is 1. The Hall–Kier alpha value is -2.22. The Kier molecular flexibility index (Phi) is 4.14. The van der Waals surface area contributed by atoms with E-state index in [0.717, 1.165) is 18.5 Å². The summed E-state index contributed by atoms with van der Waals surface area (Å²) in [5.41, 5.74) is 0.00902. The minimum absolute atomic E-state index is 0.115. The van der Waals surface area contributed by atoms with Crippen LogP contribution < -0.4 is 15.4 Å². The van der Waals surface area contributed by atoms with Crippen molar-refractivity contribution < 1.29 is 9.53 Å². The van der Waals surface area contributed by atoms with Gasteiger partial charge in [0.25, 0.3) is 0 Å². The van der Waals surface area contributed by atoms with Crippen molar-refractivity contribution in [3.05, 3.63) is 24.3 Å². The number of benzene rings is 1. The average Bonchev–Trinajstić information content (AvgIpc) is 3.30. The Morgan fingerprint density at radius 2 is 2.20 bits per heavy atom. The van der Waals surface area contributed by atoms with E-state index in [1.54, 1.807) is 14.0 Å². The van der Waals surface area contributed by atoms with Gasteiger partial charge in [-0.3, -0.25) is 4.79 Å². The molecule has 1 aromatic rings. The molecule has 5 heteroatoms. The molecule has 1 fully saturated rings. The summed E-state index contributed by atoms with van der Waals surface area (Å²) in [7, 11) is 1.58. The number of para-hydroxylation sites is 2. The number of hydrogen-bond acceptors (Lipinski definition) is 4. The third-order valence-electron chi connectivity index (χ3n) is 3.57. The molecule has 1 aliphatic rings. The van der Waals surface area contributed by atoms with Crippen LogP contribution in [-0.4, -0.2) is 25.1 Å². The summed E-state index contributed by atoms with van der Waals surface area (Å²) in [6, 6.07) is 9.61. The molecule has 0 unspecified atom stereocenters. The van der Waals surface area contributed by atoms with Gasteiger partial charge in [-0.25, -0.2) is 0 Å². The van der Waals surface area contributed by atoms with Crippen molar-refractivity contribution >= 4 is 11.6 Å². The molecule has 2 N–H and O–H groups in total. The van der Waals surface area contributed by atoms with Crippen LogP contribution in [0.4, 0.5) is 5.69 Å². The summed E-state index contributed by atoms with van der Waals surface area (Å²) in [4.78, 5) is 12.0. The highest BCUT2D eigenvalue weighted by Crippen LogP contribution is 2.39. The van der Waals surface area contributed by atoms with Crippen LogP contribution in [0, 0.1) is 17.2 Å². The Bertz CT molecular complexity index is 534. The molecule has 1 amide bonds. The zero-order valence-corrected chi connectivity index (χ0v) is 11.8. The van der Waals surface area contributed by atoms with Gasteiger partial charge < -0.3 is 15.4 Å². The van der Waals surface area contributed by atoms with Gasteiger partial charge in [0.2, 0.25) is 5.91 Å². The minimum atomic E-state index is -0.750. The maximum atomic E-state index is 12.0. The van der Waals surface area contributed by atoms with Gasteiger partial charge in [-0.1, -0.05) is 12.1 Å². The van der Waals surface area contributed by atoms with Gasteiger partial charge in [-0.15, -0.1) is 0 Å². The van der Waals surface area contributed by atoms with Crippen LogP contribution in [0.1, 0.15) is 19.8 Å². The maximum Gasteiger partial charge on any atom is 0.240 e. The van der Waals surface area contributed by atoms with E-state index in [9.17, 15) is 10.1 Å². The van der Waals surface area contributed by atoms with Crippen molar-refractivity contribution in [2.45, 2.75) is 25.3 Å². The Balaban J connectivity index is 1.91. The minimum Gasteiger partial charge on any atom is -0.495 e. The first kappa shape index (κ1) is 14.2. The second-order valence-corrected chi connectivity index (χ2v) is 5.19. The van der Waals surface area contributed by atoms with E-state index in [-0.39, 0.29) is 18.4 Å². The van der Waals surface area contributed by atoms with E-state index in [1.165, 1.54) is 0 Å². The van der Waals surface area contributed by atoms with Gasteiger partial charge >= 0.3 is 0 Å². The lowest BCUT2D eigenvalue weighted by atomic mass is 9.98. The number of nitriles is 1. The van der Waals surface area contributed by atoms with Crippen molar-refractivity contribution in [2.75, 3.05) is 19.0 Å². The molecule has 5 nitrogen and oxygen atoms in total. The molecule has 1 atom stereocenters. The first-order valence-corrected chi connectivity index (χ1v) is 6.68. The molecule has 0 spiro atoms. The number of amides is 1. The molecule has 1 aromatic carbocycles. The Morgan fingerprint density at radius 1 is 1.50 bits per heavy atom. The largest absolute Gasteiger partial charge is 0.495 e. The van der Waals surface area contributed by atoms with Crippen LogP contribution in [-0.2, 0) is 4.79 Å². The monoisotopic (exact) mass is 273 g/mol. The van der Waals surface area contributed by atoms with Crippen molar-refractivity contribution in [1.29, 1.82) is 5.26 Å². The number of nitrogens with zero attached hydrogens (tertiary/aromatic N) is 1. The van der Waals surface area contributed by atoms with E-state index < -0.39 is 5.54 Å². The highest BCUT2D eigenvalue weighted by atomic mass is 16.5. The molecule has 0 aliphatic heterocycles. The molecule has 0 heterocycles. The van der Waals surface area contributed by atoms with Crippen molar-refractivity contribution in [1.82, 2.24) is 5.32 Å². The molecule has 0 saturated heterocycles. The second-order valence-electron chi connectivity index (χ2n) is 5.19.